The first-order chi connectivity index (χ1) is 7.45. The Morgan fingerprint density at radius 1 is 1.06 bits per heavy atom. The summed E-state index contributed by atoms with van der Waals surface area (Å²) in [6.45, 7) is 3.61. The molecule has 0 bridgehead atoms. The van der Waals surface area contributed by atoms with E-state index in [0.717, 1.165) is 23.9 Å². The van der Waals surface area contributed by atoms with Crippen LogP contribution in [-0.2, 0) is 9.53 Å². The first-order valence-corrected chi connectivity index (χ1v) is 6.42. The normalized spacial score (nSPS) is 10.8. The fourth-order valence-corrected chi connectivity index (χ4v) is 1.38. The van der Waals surface area contributed by atoms with Crippen LogP contribution in [0.5, 0.6) is 0 Å². The number of hydrogen-bond donors (Lipinski definition) is 0. The molecule has 0 aromatic carbocycles. The maximum Gasteiger partial charge on any atom is 0.305 e. The number of esters is 1. The maximum absolute atomic E-state index is 11.3. The van der Waals surface area contributed by atoms with E-state index in [1.54, 1.807) is 0 Å². The summed E-state index contributed by atoms with van der Waals surface area (Å²) in [7, 11) is 6.29. The van der Waals surface area contributed by atoms with Crippen molar-refractivity contribution in [3.8, 4) is 0 Å². The molecule has 0 fully saturated rings. The molecule has 0 saturated heterocycles. The topological polar surface area (TPSA) is 26.3 Å². The van der Waals surface area contributed by atoms with Crippen molar-refractivity contribution in [2.45, 2.75) is 45.4 Å². The Morgan fingerprint density at radius 3 is 2.18 bits per heavy atom. The van der Waals surface area contributed by atoms with Crippen molar-refractivity contribution in [3.63, 3.8) is 0 Å². The molecule has 104 valence electrons. The summed E-state index contributed by atoms with van der Waals surface area (Å²) >= 11 is 0. The average Bonchev–Trinajstić information content (AvgIpc) is 2.15. The Balaban J connectivity index is 0. The minimum absolute atomic E-state index is 0. The van der Waals surface area contributed by atoms with Gasteiger partial charge in [0.15, 0.2) is 0 Å². The van der Waals surface area contributed by atoms with Gasteiger partial charge in [0, 0.05) is 6.42 Å². The highest BCUT2D eigenvalue weighted by Gasteiger charge is 2.08. The first-order valence-electron chi connectivity index (χ1n) is 6.42. The lowest BCUT2D eigenvalue weighted by Gasteiger charge is -2.23. The van der Waals surface area contributed by atoms with Gasteiger partial charge < -0.3 is 33.2 Å². The molecule has 0 heterocycles. The van der Waals surface area contributed by atoms with E-state index in [2.05, 4.69) is 28.1 Å². The van der Waals surface area contributed by atoms with E-state index in [-0.39, 0.29) is 29.9 Å². The zero-order chi connectivity index (χ0) is 12.4. The molecule has 0 aliphatic rings. The maximum atomic E-state index is 11.3. The van der Waals surface area contributed by atoms with Crippen LogP contribution in [0.15, 0.2) is 0 Å². The van der Waals surface area contributed by atoms with E-state index >= 15 is 0 Å². The number of carbonyl (C=O) groups excluding carboxylic acids is 1. The molecule has 0 saturated carbocycles. The minimum atomic E-state index is -0.0371. The molecule has 3 nitrogen and oxygen atoms in total. The fraction of sp³-hybridized carbons (Fsp3) is 0.923. The molecule has 0 spiro atoms. The summed E-state index contributed by atoms with van der Waals surface area (Å²) < 4.78 is 6.01. The van der Waals surface area contributed by atoms with E-state index in [1.807, 2.05) is 0 Å². The molecule has 0 atom stereocenters. The Hall–Kier alpha value is 0.160. The molecule has 0 aliphatic heterocycles. The predicted octanol–water partition coefficient (Wildman–Crippen LogP) is -0.400. The van der Waals surface area contributed by atoms with Crippen LogP contribution in [0.4, 0.5) is 0 Å². The molecular formula is C13H28INO2. The number of ether oxygens (including phenoxy) is 1. The fourth-order valence-electron chi connectivity index (χ4n) is 1.38. The van der Waals surface area contributed by atoms with Crippen LogP contribution < -0.4 is 24.0 Å². The number of carbonyl (C=O) groups is 1. The summed E-state index contributed by atoms with van der Waals surface area (Å²) in [6, 6.07) is 0. The highest BCUT2D eigenvalue weighted by molar-refractivity contribution is 5.69. The molecule has 0 aromatic rings. The third kappa shape index (κ3) is 16.2. The van der Waals surface area contributed by atoms with Gasteiger partial charge in [-0.15, -0.1) is 0 Å². The third-order valence-corrected chi connectivity index (χ3v) is 2.51. The van der Waals surface area contributed by atoms with Gasteiger partial charge in [-0.05, 0) is 6.42 Å². The van der Waals surface area contributed by atoms with Crippen molar-refractivity contribution in [3.05, 3.63) is 0 Å². The summed E-state index contributed by atoms with van der Waals surface area (Å²) in [5.41, 5.74) is 0. The Labute approximate surface area is 124 Å². The number of hydrogen-bond acceptors (Lipinski definition) is 2. The van der Waals surface area contributed by atoms with Gasteiger partial charge in [-0.2, -0.15) is 0 Å². The number of rotatable bonds is 9. The number of likely N-dealkylation sites (N-methyl/N-ethyl adjacent to an activating group) is 1. The van der Waals surface area contributed by atoms with Crippen LogP contribution >= 0.6 is 0 Å². The van der Waals surface area contributed by atoms with Crippen molar-refractivity contribution in [2.75, 3.05) is 34.3 Å². The molecule has 4 heteroatoms. The lowest BCUT2D eigenvalue weighted by molar-refractivity contribution is -0.870. The van der Waals surface area contributed by atoms with Crippen molar-refractivity contribution in [1.29, 1.82) is 0 Å². The van der Waals surface area contributed by atoms with Gasteiger partial charge in [-0.1, -0.05) is 32.6 Å². The molecule has 0 aromatic heterocycles. The Kier molecular flexibility index (Phi) is 12.9. The molecule has 0 amide bonds. The largest absolute Gasteiger partial charge is 1.00 e. The summed E-state index contributed by atoms with van der Waals surface area (Å²) in [5, 5.41) is 0. The van der Waals surface area contributed by atoms with E-state index < -0.39 is 0 Å². The van der Waals surface area contributed by atoms with E-state index in [4.69, 9.17) is 4.74 Å². The number of halogens is 1. The van der Waals surface area contributed by atoms with E-state index in [0.29, 0.717) is 13.0 Å². The monoisotopic (exact) mass is 357 g/mol. The van der Waals surface area contributed by atoms with Gasteiger partial charge in [0.05, 0.1) is 21.1 Å². The highest BCUT2D eigenvalue weighted by Crippen LogP contribution is 2.05. The quantitative estimate of drug-likeness (QED) is 0.243. The van der Waals surface area contributed by atoms with Crippen molar-refractivity contribution in [2.24, 2.45) is 0 Å². The van der Waals surface area contributed by atoms with Gasteiger partial charge in [0.25, 0.3) is 0 Å². The second kappa shape index (κ2) is 11.3. The standard InChI is InChI=1S/C13H28NO2.HI/c1-5-6-7-8-9-10-13(15)16-12-11-14(2,3)4;/h5-12H2,1-4H3;1H/q+1;/p-1. The molecule has 0 radical (unpaired) electrons. The van der Waals surface area contributed by atoms with Crippen molar-refractivity contribution < 1.29 is 38.0 Å². The molecule has 0 N–H and O–H groups in total. The van der Waals surface area contributed by atoms with Crippen LogP contribution in [-0.4, -0.2) is 44.7 Å². The second-order valence-electron chi connectivity index (χ2n) is 5.40. The van der Waals surface area contributed by atoms with E-state index in [9.17, 15) is 4.79 Å². The van der Waals surface area contributed by atoms with Crippen LogP contribution in [0, 0.1) is 0 Å². The SMILES string of the molecule is CCCCCCCC(=O)OCC[N+](C)(C)C.[I-]. The van der Waals surface area contributed by atoms with Crippen molar-refractivity contribution in [1.82, 2.24) is 0 Å². The predicted molar refractivity (Wildman–Crippen MR) is 67.2 cm³/mol. The number of nitrogens with zero attached hydrogens (tertiary/aromatic N) is 1. The summed E-state index contributed by atoms with van der Waals surface area (Å²) in [6.07, 6.45) is 6.47. The summed E-state index contributed by atoms with van der Waals surface area (Å²) in [5.74, 6) is -0.0371. The lowest BCUT2D eigenvalue weighted by Crippen LogP contribution is -3.00. The molecule has 17 heavy (non-hydrogen) atoms. The second-order valence-corrected chi connectivity index (χ2v) is 5.40. The van der Waals surface area contributed by atoms with Crippen LogP contribution in [0.2, 0.25) is 0 Å². The zero-order valence-electron chi connectivity index (χ0n) is 11.8. The first kappa shape index (κ1) is 19.5. The minimum Gasteiger partial charge on any atom is -1.00 e. The highest BCUT2D eigenvalue weighted by atomic mass is 127. The zero-order valence-corrected chi connectivity index (χ0v) is 14.0. The van der Waals surface area contributed by atoms with E-state index in [1.165, 1.54) is 19.3 Å². The number of unbranched alkanes of at least 4 members (excludes halogenated alkanes) is 4. The summed E-state index contributed by atoms with van der Waals surface area (Å²) in [4.78, 5) is 11.3. The third-order valence-electron chi connectivity index (χ3n) is 2.51. The van der Waals surface area contributed by atoms with Crippen LogP contribution in [0.3, 0.4) is 0 Å². The number of quaternary nitrogens is 1. The van der Waals surface area contributed by atoms with Crippen LogP contribution in [0.25, 0.3) is 0 Å². The lowest BCUT2D eigenvalue weighted by atomic mass is 10.1. The van der Waals surface area contributed by atoms with Gasteiger partial charge in [0.1, 0.15) is 13.2 Å². The van der Waals surface area contributed by atoms with Gasteiger partial charge in [0.2, 0.25) is 0 Å². The average molecular weight is 357 g/mol. The van der Waals surface area contributed by atoms with Gasteiger partial charge >= 0.3 is 5.97 Å². The smallest absolute Gasteiger partial charge is 0.305 e. The molecule has 0 rings (SSSR count). The molecular weight excluding hydrogens is 329 g/mol. The van der Waals surface area contributed by atoms with Crippen LogP contribution in [0.1, 0.15) is 45.4 Å². The van der Waals surface area contributed by atoms with Crippen molar-refractivity contribution >= 4 is 5.97 Å². The Bertz CT molecular complexity index is 190. The molecule has 0 aliphatic carbocycles. The van der Waals surface area contributed by atoms with Gasteiger partial charge in [-0.25, -0.2) is 0 Å². The Morgan fingerprint density at radius 2 is 1.65 bits per heavy atom. The van der Waals surface area contributed by atoms with Gasteiger partial charge in [-0.3, -0.25) is 4.79 Å². The molecule has 0 unspecified atom stereocenters.